The van der Waals surface area contributed by atoms with Crippen LogP contribution in [-0.2, 0) is 0 Å². The van der Waals surface area contributed by atoms with Crippen molar-refractivity contribution < 1.29 is 13.6 Å². The summed E-state index contributed by atoms with van der Waals surface area (Å²) in [6, 6.07) is 3.37. The van der Waals surface area contributed by atoms with Gasteiger partial charge >= 0.3 is 0 Å². The van der Waals surface area contributed by atoms with Gasteiger partial charge in [-0.1, -0.05) is 12.8 Å². The number of hydrogen-bond donors (Lipinski definition) is 0. The minimum absolute atomic E-state index is 0.105. The third-order valence-corrected chi connectivity index (χ3v) is 4.65. The monoisotopic (exact) mass is 322 g/mol. The van der Waals surface area contributed by atoms with Crippen LogP contribution >= 0.6 is 11.3 Å². The van der Waals surface area contributed by atoms with Crippen molar-refractivity contribution in [3.05, 3.63) is 40.9 Å². The highest BCUT2D eigenvalue weighted by Gasteiger charge is 2.21. The third-order valence-electron chi connectivity index (χ3n) is 3.78. The van der Waals surface area contributed by atoms with Gasteiger partial charge in [-0.05, 0) is 25.0 Å². The molecule has 0 atom stereocenters. The molecule has 2 aromatic rings. The lowest BCUT2D eigenvalue weighted by molar-refractivity contribution is 0.0756. The predicted molar refractivity (Wildman–Crippen MR) is 81.8 cm³/mol. The van der Waals surface area contributed by atoms with Crippen molar-refractivity contribution >= 4 is 17.2 Å². The zero-order chi connectivity index (χ0) is 15.5. The predicted octanol–water partition coefficient (Wildman–Crippen LogP) is 4.10. The van der Waals surface area contributed by atoms with Gasteiger partial charge in [0.05, 0.1) is 0 Å². The first-order valence-corrected chi connectivity index (χ1v) is 8.23. The maximum atomic E-state index is 13.8. The zero-order valence-corrected chi connectivity index (χ0v) is 12.8. The molecule has 0 radical (unpaired) electrons. The molecule has 116 valence electrons. The van der Waals surface area contributed by atoms with Crippen LogP contribution in [0.5, 0.6) is 0 Å². The number of carbonyl (C=O) groups excluding carboxylic acids is 1. The van der Waals surface area contributed by atoms with Crippen molar-refractivity contribution in [1.29, 1.82) is 0 Å². The smallest absolute Gasteiger partial charge is 0.273 e. The van der Waals surface area contributed by atoms with Crippen molar-refractivity contribution in [2.24, 2.45) is 0 Å². The van der Waals surface area contributed by atoms with Crippen LogP contribution in [-0.4, -0.2) is 28.9 Å². The van der Waals surface area contributed by atoms with Crippen molar-refractivity contribution in [2.45, 2.75) is 25.7 Å². The van der Waals surface area contributed by atoms with E-state index in [2.05, 4.69) is 4.98 Å². The number of hydrogen-bond acceptors (Lipinski definition) is 3. The number of thiazole rings is 1. The second-order valence-corrected chi connectivity index (χ2v) is 6.23. The number of carbonyl (C=O) groups is 1. The summed E-state index contributed by atoms with van der Waals surface area (Å²) in [5.41, 5.74) is 0.562. The van der Waals surface area contributed by atoms with E-state index in [1.54, 1.807) is 5.38 Å². The molecule has 2 heterocycles. The molecule has 1 fully saturated rings. The minimum atomic E-state index is -0.664. The van der Waals surface area contributed by atoms with Gasteiger partial charge < -0.3 is 4.90 Å². The van der Waals surface area contributed by atoms with E-state index in [1.165, 1.54) is 23.5 Å². The zero-order valence-electron chi connectivity index (χ0n) is 12.0. The Bertz CT molecular complexity index is 679. The summed E-state index contributed by atoms with van der Waals surface area (Å²) in [4.78, 5) is 18.5. The van der Waals surface area contributed by atoms with Crippen LogP contribution in [0.2, 0.25) is 0 Å². The molecule has 3 nitrogen and oxygen atoms in total. The van der Waals surface area contributed by atoms with Gasteiger partial charge in [0.2, 0.25) is 0 Å². The van der Waals surface area contributed by atoms with E-state index in [9.17, 15) is 13.6 Å². The number of aromatic nitrogens is 1. The Balaban J connectivity index is 1.82. The van der Waals surface area contributed by atoms with Gasteiger partial charge in [0, 0.05) is 30.1 Å². The molecular formula is C16H16F2N2OS. The van der Waals surface area contributed by atoms with Gasteiger partial charge in [0.25, 0.3) is 5.91 Å². The maximum Gasteiger partial charge on any atom is 0.273 e. The van der Waals surface area contributed by atoms with Gasteiger partial charge in [0.15, 0.2) is 0 Å². The van der Waals surface area contributed by atoms with E-state index >= 15 is 0 Å². The molecule has 0 N–H and O–H groups in total. The van der Waals surface area contributed by atoms with E-state index in [0.29, 0.717) is 10.7 Å². The Morgan fingerprint density at radius 1 is 1.14 bits per heavy atom. The summed E-state index contributed by atoms with van der Waals surface area (Å²) >= 11 is 1.20. The SMILES string of the molecule is O=C(c1csc(-c2ccc(F)cc2F)n1)N1CCCCCC1. The fraction of sp³-hybridized carbons (Fsp3) is 0.375. The molecule has 1 aromatic heterocycles. The van der Waals surface area contributed by atoms with Crippen LogP contribution in [0.15, 0.2) is 23.6 Å². The average molecular weight is 322 g/mol. The molecule has 6 heteroatoms. The number of halogens is 2. The van der Waals surface area contributed by atoms with Gasteiger partial charge in [0.1, 0.15) is 22.3 Å². The number of amides is 1. The molecule has 1 aromatic carbocycles. The Morgan fingerprint density at radius 2 is 1.86 bits per heavy atom. The normalized spacial score (nSPS) is 15.6. The summed E-state index contributed by atoms with van der Waals surface area (Å²) in [5, 5.41) is 2.04. The van der Waals surface area contributed by atoms with Crippen LogP contribution in [0, 0.1) is 11.6 Å². The van der Waals surface area contributed by atoms with Gasteiger partial charge in [-0.15, -0.1) is 11.3 Å². The van der Waals surface area contributed by atoms with E-state index in [0.717, 1.165) is 44.8 Å². The third kappa shape index (κ3) is 3.16. The lowest BCUT2D eigenvalue weighted by Crippen LogP contribution is -2.32. The number of benzene rings is 1. The second-order valence-electron chi connectivity index (χ2n) is 5.37. The molecule has 1 saturated heterocycles. The highest BCUT2D eigenvalue weighted by Crippen LogP contribution is 2.27. The van der Waals surface area contributed by atoms with Crippen LogP contribution in [0.1, 0.15) is 36.2 Å². The van der Waals surface area contributed by atoms with Crippen LogP contribution in [0.25, 0.3) is 10.6 Å². The van der Waals surface area contributed by atoms with Gasteiger partial charge in [-0.2, -0.15) is 0 Å². The first kappa shape index (κ1) is 15.1. The molecule has 0 bridgehead atoms. The topological polar surface area (TPSA) is 33.2 Å². The molecule has 22 heavy (non-hydrogen) atoms. The van der Waals surface area contributed by atoms with Crippen LogP contribution in [0.3, 0.4) is 0 Å². The molecule has 0 aliphatic carbocycles. The lowest BCUT2D eigenvalue weighted by atomic mass is 10.2. The van der Waals surface area contributed by atoms with E-state index in [4.69, 9.17) is 0 Å². The van der Waals surface area contributed by atoms with Crippen molar-refractivity contribution in [3.8, 4) is 10.6 Å². The van der Waals surface area contributed by atoms with E-state index < -0.39 is 11.6 Å². The fourth-order valence-corrected chi connectivity index (χ4v) is 3.41. The summed E-state index contributed by atoms with van der Waals surface area (Å²) in [6.07, 6.45) is 4.31. The first-order chi connectivity index (χ1) is 10.6. The molecule has 0 spiro atoms. The molecule has 1 aliphatic heterocycles. The van der Waals surface area contributed by atoms with Gasteiger partial charge in [-0.25, -0.2) is 13.8 Å². The standard InChI is InChI=1S/C16H16F2N2OS/c17-11-5-6-12(13(18)9-11)15-19-14(10-22-15)16(21)20-7-3-1-2-4-8-20/h5-6,9-10H,1-4,7-8H2. The molecule has 0 saturated carbocycles. The average Bonchev–Trinajstić information content (AvgIpc) is 2.81. The van der Waals surface area contributed by atoms with E-state index in [-0.39, 0.29) is 11.5 Å². The summed E-state index contributed by atoms with van der Waals surface area (Å²) in [7, 11) is 0. The maximum absolute atomic E-state index is 13.8. The molecule has 1 amide bonds. The summed E-state index contributed by atoms with van der Waals surface area (Å²) < 4.78 is 26.7. The number of nitrogens with zero attached hydrogens (tertiary/aromatic N) is 2. The van der Waals surface area contributed by atoms with Crippen LogP contribution in [0.4, 0.5) is 8.78 Å². The second kappa shape index (κ2) is 6.52. The highest BCUT2D eigenvalue weighted by atomic mass is 32.1. The fourth-order valence-electron chi connectivity index (χ4n) is 2.59. The lowest BCUT2D eigenvalue weighted by Gasteiger charge is -2.18. The quantitative estimate of drug-likeness (QED) is 0.834. The highest BCUT2D eigenvalue weighted by molar-refractivity contribution is 7.13. The molecule has 3 rings (SSSR count). The van der Waals surface area contributed by atoms with Crippen molar-refractivity contribution in [2.75, 3.05) is 13.1 Å². The number of rotatable bonds is 2. The minimum Gasteiger partial charge on any atom is -0.337 e. The van der Waals surface area contributed by atoms with Crippen molar-refractivity contribution in [3.63, 3.8) is 0 Å². The first-order valence-electron chi connectivity index (χ1n) is 7.35. The Morgan fingerprint density at radius 3 is 2.55 bits per heavy atom. The molecular weight excluding hydrogens is 306 g/mol. The Kier molecular flexibility index (Phi) is 4.47. The summed E-state index contributed by atoms with van der Waals surface area (Å²) in [6.45, 7) is 1.49. The van der Waals surface area contributed by atoms with Crippen LogP contribution < -0.4 is 0 Å². The van der Waals surface area contributed by atoms with E-state index in [1.807, 2.05) is 4.90 Å². The van der Waals surface area contributed by atoms with Crippen molar-refractivity contribution in [1.82, 2.24) is 9.88 Å². The molecule has 0 unspecified atom stereocenters. The largest absolute Gasteiger partial charge is 0.337 e. The number of likely N-dealkylation sites (tertiary alicyclic amines) is 1. The molecule has 1 aliphatic rings. The van der Waals surface area contributed by atoms with Gasteiger partial charge in [-0.3, -0.25) is 4.79 Å². The summed E-state index contributed by atoms with van der Waals surface area (Å²) in [5.74, 6) is -1.39. The Hall–Kier alpha value is -1.82. The Labute approximate surface area is 131 Å².